The van der Waals surface area contributed by atoms with Crippen LogP contribution in [-0.2, 0) is 19.1 Å². The van der Waals surface area contributed by atoms with Crippen LogP contribution in [0.25, 0.3) is 0 Å². The maximum Gasteiger partial charge on any atom is 0.317 e. The van der Waals surface area contributed by atoms with Crippen molar-refractivity contribution in [1.29, 1.82) is 0 Å². The van der Waals surface area contributed by atoms with Gasteiger partial charge in [-0.05, 0) is 146 Å². The molecule has 9 heterocycles. The summed E-state index contributed by atoms with van der Waals surface area (Å²) in [5, 5.41) is 9.33. The highest BCUT2D eigenvalue weighted by Gasteiger charge is 2.15. The smallest absolute Gasteiger partial charge is 0.317 e. The molecule has 3 N–H and O–H groups in total. The van der Waals surface area contributed by atoms with E-state index < -0.39 is 0 Å². The lowest BCUT2D eigenvalue weighted by Crippen LogP contribution is -2.23. The fraction of sp³-hybridized carbons (Fsp3) is 0.907. The molecule has 0 radical (unpaired) electrons. The first-order chi connectivity index (χ1) is 27.3. The summed E-state index contributed by atoms with van der Waals surface area (Å²) >= 11 is 4.18. The number of urea groups is 1. The monoisotopic (exact) mass is 844 g/mol. The van der Waals surface area contributed by atoms with E-state index in [1.807, 2.05) is 7.05 Å². The summed E-state index contributed by atoms with van der Waals surface area (Å²) in [5.41, 5.74) is 0. The van der Waals surface area contributed by atoms with E-state index in [0.29, 0.717) is 12.0 Å². The largest absolute Gasteiger partial charge is 0.381 e. The SMILES string of the molecule is CC1CCCO1.CC1CCCS1.CC1CCNC1.CC1CCOC1.CC1CCSC1.CC1N=CNC1=O.CN1CCCC1.CN1CCCC1=O.CN1CCNC1=O. The van der Waals surface area contributed by atoms with E-state index in [-0.39, 0.29) is 18.0 Å². The molecule has 0 saturated carbocycles. The highest BCUT2D eigenvalue weighted by molar-refractivity contribution is 8.00. The molecule has 4 amide bonds. The van der Waals surface area contributed by atoms with Crippen LogP contribution in [0.1, 0.15) is 112 Å². The van der Waals surface area contributed by atoms with Gasteiger partial charge >= 0.3 is 6.03 Å². The molecule has 9 aliphatic rings. The van der Waals surface area contributed by atoms with Gasteiger partial charge in [0.15, 0.2) is 0 Å². The first-order valence-corrected chi connectivity index (χ1v) is 24.3. The quantitative estimate of drug-likeness (QED) is 0.246. The molecular formula is C43H85N7O5S2. The average Bonchev–Trinajstić information content (AvgIpc) is 4.01. The average molecular weight is 844 g/mol. The topological polar surface area (TPSA) is 128 Å². The lowest BCUT2D eigenvalue weighted by atomic mass is 10.2. The highest BCUT2D eigenvalue weighted by Crippen LogP contribution is 2.24. The molecule has 8 fully saturated rings. The van der Waals surface area contributed by atoms with E-state index >= 15 is 0 Å². The standard InChI is InChI=1S/C5H9NO.2C5H11N.2C5H10O.2C5H10S.C4H8N2O.C4H6N2O/c1-6-4-2-3-5(6)7;1-5-2-3-6-4-5;1-6-4-2-3-5-6;1-5-2-3-6-4-5;1-5-3-2-4-6-5;1-5-2-3-6-4-5;1-5-3-2-4-6-5;1-6-3-2-5-4(6)7;1-3-4(7)6-2-5-3/h2-4H2,1H3;5-6H,2-4H2,1H3;2-5H2,1H3;4*5H,2-4H2,1H3;2-3H2,1H3,(H,5,7);2-3H,1H3,(H,5,6,7). The van der Waals surface area contributed by atoms with Gasteiger partial charge in [-0.1, -0.05) is 27.7 Å². The number of aliphatic imine (C=N–C) groups is 1. The Balaban J connectivity index is 0.000000321. The second kappa shape index (κ2) is 34.2. The molecule has 0 aromatic rings. The zero-order valence-electron chi connectivity index (χ0n) is 37.7. The third kappa shape index (κ3) is 30.2. The van der Waals surface area contributed by atoms with Gasteiger partial charge in [-0.25, -0.2) is 4.79 Å². The number of rotatable bonds is 0. The van der Waals surface area contributed by atoms with Gasteiger partial charge in [0.25, 0.3) is 0 Å². The summed E-state index contributed by atoms with van der Waals surface area (Å²) in [4.78, 5) is 40.7. The normalized spacial score (nSPS) is 29.4. The van der Waals surface area contributed by atoms with Crippen molar-refractivity contribution in [2.45, 2.75) is 130 Å². The van der Waals surface area contributed by atoms with E-state index in [4.69, 9.17) is 9.47 Å². The van der Waals surface area contributed by atoms with Crippen molar-refractivity contribution >= 4 is 47.7 Å². The minimum absolute atomic E-state index is 0.0139. The molecule has 0 aromatic heterocycles. The second-order valence-corrected chi connectivity index (χ2v) is 19.4. The van der Waals surface area contributed by atoms with Gasteiger partial charge in [0.05, 0.1) is 12.4 Å². The van der Waals surface area contributed by atoms with Gasteiger partial charge in [-0.2, -0.15) is 23.5 Å². The Morgan fingerprint density at radius 1 is 0.737 bits per heavy atom. The number of ether oxygens (including phenoxy) is 2. The Kier molecular flexibility index (Phi) is 32.0. The number of nitrogens with zero attached hydrogens (tertiary/aromatic N) is 4. The summed E-state index contributed by atoms with van der Waals surface area (Å²) in [5.74, 6) is 7.26. The Bertz CT molecular complexity index is 906. The molecule has 8 saturated heterocycles. The van der Waals surface area contributed by atoms with Gasteiger partial charge in [-0.15, -0.1) is 0 Å². The summed E-state index contributed by atoms with van der Waals surface area (Å²) in [6.07, 6.45) is 16.1. The molecule has 0 aromatic carbocycles. The first kappa shape index (κ1) is 53.4. The number of hydrogen-bond acceptors (Lipinski definition) is 10. The van der Waals surface area contributed by atoms with Crippen molar-refractivity contribution in [2.75, 3.05) is 104 Å². The number of likely N-dealkylation sites (N-methyl/N-ethyl adjacent to an activating group) is 1. The highest BCUT2D eigenvalue weighted by atomic mass is 32.2. The van der Waals surface area contributed by atoms with Crippen molar-refractivity contribution in [3.8, 4) is 0 Å². The minimum atomic E-state index is -0.167. The molecule has 0 spiro atoms. The molecule has 9 aliphatic heterocycles. The molecule has 57 heavy (non-hydrogen) atoms. The van der Waals surface area contributed by atoms with E-state index in [2.05, 4.69) is 91.0 Å². The fourth-order valence-corrected chi connectivity index (χ4v) is 8.58. The summed E-state index contributed by atoms with van der Waals surface area (Å²) in [6.45, 7) is 23.7. The number of amides is 4. The maximum atomic E-state index is 10.5. The second-order valence-electron chi connectivity index (χ2n) is 16.7. The van der Waals surface area contributed by atoms with Gasteiger partial charge in [0.2, 0.25) is 11.8 Å². The zero-order chi connectivity index (χ0) is 42.3. The third-order valence-corrected chi connectivity index (χ3v) is 13.2. The van der Waals surface area contributed by atoms with Crippen molar-refractivity contribution < 1.29 is 23.9 Å². The van der Waals surface area contributed by atoms with Crippen molar-refractivity contribution in [1.82, 2.24) is 30.7 Å². The van der Waals surface area contributed by atoms with E-state index in [1.54, 1.807) is 23.8 Å². The summed E-state index contributed by atoms with van der Waals surface area (Å²) < 4.78 is 10.2. The van der Waals surface area contributed by atoms with Crippen LogP contribution in [0.4, 0.5) is 4.79 Å². The molecule has 6 unspecified atom stereocenters. The lowest BCUT2D eigenvalue weighted by Gasteiger charge is -2.03. The lowest BCUT2D eigenvalue weighted by molar-refractivity contribution is -0.126. The summed E-state index contributed by atoms with van der Waals surface area (Å²) in [7, 11) is 5.80. The molecule has 0 aliphatic carbocycles. The molecule has 9 rings (SSSR count). The van der Waals surface area contributed by atoms with Crippen molar-refractivity contribution in [2.24, 2.45) is 22.7 Å². The fourth-order valence-electron chi connectivity index (χ4n) is 6.21. The first-order valence-electron chi connectivity index (χ1n) is 22.1. The molecule has 0 bridgehead atoms. The number of likely N-dealkylation sites (tertiary alicyclic amines) is 2. The third-order valence-electron chi connectivity index (χ3n) is 10.5. The number of carbonyl (C=O) groups is 3. The van der Waals surface area contributed by atoms with Crippen LogP contribution in [-0.4, -0.2) is 160 Å². The molecular weight excluding hydrogens is 759 g/mol. The van der Waals surface area contributed by atoms with Gasteiger partial charge in [-0.3, -0.25) is 14.6 Å². The van der Waals surface area contributed by atoms with Crippen LogP contribution in [0.15, 0.2) is 4.99 Å². The number of carbonyl (C=O) groups excluding carboxylic acids is 3. The number of hydrogen-bond donors (Lipinski definition) is 3. The van der Waals surface area contributed by atoms with Crippen LogP contribution in [0.2, 0.25) is 0 Å². The molecule has 12 nitrogen and oxygen atoms in total. The van der Waals surface area contributed by atoms with E-state index in [1.165, 1.54) is 108 Å². The van der Waals surface area contributed by atoms with Gasteiger partial charge < -0.3 is 40.1 Å². The molecule has 6 atom stereocenters. The van der Waals surface area contributed by atoms with Crippen LogP contribution in [0.3, 0.4) is 0 Å². The Hall–Kier alpha value is -1.58. The van der Waals surface area contributed by atoms with E-state index in [0.717, 1.165) is 75.3 Å². The van der Waals surface area contributed by atoms with Crippen LogP contribution in [0.5, 0.6) is 0 Å². The van der Waals surface area contributed by atoms with Gasteiger partial charge in [0, 0.05) is 65.2 Å². The van der Waals surface area contributed by atoms with Crippen molar-refractivity contribution in [3.05, 3.63) is 0 Å². The molecule has 334 valence electrons. The Morgan fingerprint density at radius 3 is 1.65 bits per heavy atom. The van der Waals surface area contributed by atoms with Crippen LogP contribution in [0, 0.1) is 17.8 Å². The Morgan fingerprint density at radius 2 is 1.49 bits per heavy atom. The number of thioether (sulfide) groups is 2. The van der Waals surface area contributed by atoms with E-state index in [9.17, 15) is 14.4 Å². The van der Waals surface area contributed by atoms with Crippen molar-refractivity contribution in [3.63, 3.8) is 0 Å². The predicted octanol–water partition coefficient (Wildman–Crippen LogP) is 6.63. The zero-order valence-corrected chi connectivity index (χ0v) is 39.3. The summed E-state index contributed by atoms with van der Waals surface area (Å²) in [6, 6.07) is -0.125. The minimum Gasteiger partial charge on any atom is -0.381 e. The maximum absolute atomic E-state index is 10.5. The molecule has 14 heteroatoms. The predicted molar refractivity (Wildman–Crippen MR) is 244 cm³/mol. The number of nitrogens with one attached hydrogen (secondary N) is 3. The van der Waals surface area contributed by atoms with Crippen LogP contribution < -0.4 is 16.0 Å². The van der Waals surface area contributed by atoms with Gasteiger partial charge in [0.1, 0.15) is 6.04 Å². The Labute approximate surface area is 357 Å². The van der Waals surface area contributed by atoms with Crippen LogP contribution >= 0.6 is 23.5 Å².